The van der Waals surface area contributed by atoms with Gasteiger partial charge in [0.25, 0.3) is 0 Å². The molecule has 1 aromatic rings. The second-order valence-electron chi connectivity index (χ2n) is 4.50. The van der Waals surface area contributed by atoms with Gasteiger partial charge in [-0.2, -0.15) is 0 Å². The van der Waals surface area contributed by atoms with E-state index in [1.807, 2.05) is 32.0 Å². The van der Waals surface area contributed by atoms with Crippen LogP contribution < -0.4 is 14.8 Å². The van der Waals surface area contributed by atoms with E-state index in [1.54, 1.807) is 6.92 Å². The third kappa shape index (κ3) is 2.27. The van der Waals surface area contributed by atoms with E-state index in [-0.39, 0.29) is 6.79 Å². The molecular formula is C12H16N2O3. The molecule has 1 aromatic carbocycles. The number of ether oxygens (including phenoxy) is 2. The molecule has 0 radical (unpaired) electrons. The standard InChI is InChI=1S/C12H16N2O3/c1-8(14-15)12(2,3)13-9-4-5-10-11(6-9)17-7-16-10/h4-6,13,15H,7H2,1-3H3. The van der Waals surface area contributed by atoms with Gasteiger partial charge in [0.05, 0.1) is 11.3 Å². The molecule has 0 bridgehead atoms. The van der Waals surface area contributed by atoms with E-state index in [1.165, 1.54) is 0 Å². The number of fused-ring (bicyclic) bond motifs is 1. The molecule has 5 nitrogen and oxygen atoms in total. The third-order valence-electron chi connectivity index (χ3n) is 2.88. The highest BCUT2D eigenvalue weighted by Gasteiger charge is 2.23. The van der Waals surface area contributed by atoms with Crippen molar-refractivity contribution in [1.29, 1.82) is 0 Å². The van der Waals surface area contributed by atoms with Crippen LogP contribution in [-0.4, -0.2) is 23.3 Å². The van der Waals surface area contributed by atoms with Crippen LogP contribution in [0.2, 0.25) is 0 Å². The predicted octanol–water partition coefficient (Wildman–Crippen LogP) is 2.46. The second-order valence-corrected chi connectivity index (χ2v) is 4.50. The van der Waals surface area contributed by atoms with Crippen LogP contribution in [0.5, 0.6) is 11.5 Å². The summed E-state index contributed by atoms with van der Waals surface area (Å²) in [5.74, 6) is 1.48. The van der Waals surface area contributed by atoms with Gasteiger partial charge in [-0.15, -0.1) is 0 Å². The van der Waals surface area contributed by atoms with Crippen LogP contribution in [0.4, 0.5) is 5.69 Å². The monoisotopic (exact) mass is 236 g/mol. The minimum absolute atomic E-state index is 0.263. The molecule has 0 saturated heterocycles. The summed E-state index contributed by atoms with van der Waals surface area (Å²) in [6.07, 6.45) is 0. The van der Waals surface area contributed by atoms with Crippen molar-refractivity contribution in [3.05, 3.63) is 18.2 Å². The van der Waals surface area contributed by atoms with Crippen molar-refractivity contribution in [1.82, 2.24) is 0 Å². The quantitative estimate of drug-likeness (QED) is 0.480. The number of nitrogens with one attached hydrogen (secondary N) is 1. The molecule has 0 amide bonds. The zero-order valence-electron chi connectivity index (χ0n) is 10.2. The fourth-order valence-corrected chi connectivity index (χ4v) is 1.55. The van der Waals surface area contributed by atoms with Crippen LogP contribution in [-0.2, 0) is 0 Å². The Labute approximate surface area is 100 Å². The number of hydrogen-bond donors (Lipinski definition) is 2. The lowest BCUT2D eigenvalue weighted by Gasteiger charge is -2.26. The lowest BCUT2D eigenvalue weighted by Crippen LogP contribution is -2.38. The zero-order valence-corrected chi connectivity index (χ0v) is 10.2. The summed E-state index contributed by atoms with van der Waals surface area (Å²) in [6.45, 7) is 5.90. The first kappa shape index (κ1) is 11.6. The predicted molar refractivity (Wildman–Crippen MR) is 65.2 cm³/mol. The van der Waals surface area contributed by atoms with Gasteiger partial charge in [0.1, 0.15) is 0 Å². The Kier molecular flexibility index (Phi) is 2.83. The summed E-state index contributed by atoms with van der Waals surface area (Å²) in [5.41, 5.74) is 1.07. The third-order valence-corrected chi connectivity index (χ3v) is 2.88. The lowest BCUT2D eigenvalue weighted by atomic mass is 9.99. The average Bonchev–Trinajstić information content (AvgIpc) is 2.74. The largest absolute Gasteiger partial charge is 0.454 e. The van der Waals surface area contributed by atoms with Gasteiger partial charge in [-0.05, 0) is 32.9 Å². The number of benzene rings is 1. The van der Waals surface area contributed by atoms with E-state index in [0.29, 0.717) is 5.71 Å². The van der Waals surface area contributed by atoms with Crippen molar-refractivity contribution in [2.75, 3.05) is 12.1 Å². The molecule has 2 rings (SSSR count). The van der Waals surface area contributed by atoms with Gasteiger partial charge < -0.3 is 20.0 Å². The summed E-state index contributed by atoms with van der Waals surface area (Å²) in [6, 6.07) is 5.63. The minimum atomic E-state index is -0.428. The normalized spacial score (nSPS) is 14.9. The number of nitrogens with zero attached hydrogens (tertiary/aromatic N) is 1. The van der Waals surface area contributed by atoms with Gasteiger partial charge in [0, 0.05) is 11.8 Å². The molecular weight excluding hydrogens is 220 g/mol. The molecule has 0 saturated carbocycles. The Hall–Kier alpha value is -1.91. The van der Waals surface area contributed by atoms with Crippen LogP contribution in [0.3, 0.4) is 0 Å². The van der Waals surface area contributed by atoms with E-state index in [4.69, 9.17) is 14.7 Å². The van der Waals surface area contributed by atoms with E-state index in [2.05, 4.69) is 10.5 Å². The zero-order chi connectivity index (χ0) is 12.5. The Bertz CT molecular complexity index is 455. The molecule has 0 spiro atoms. The maximum atomic E-state index is 8.81. The first-order valence-corrected chi connectivity index (χ1v) is 5.40. The molecule has 92 valence electrons. The summed E-state index contributed by atoms with van der Waals surface area (Å²) in [5, 5.41) is 15.3. The van der Waals surface area contributed by atoms with Gasteiger partial charge in [0.2, 0.25) is 6.79 Å². The van der Waals surface area contributed by atoms with Crippen molar-refractivity contribution in [2.24, 2.45) is 5.16 Å². The number of hydrogen-bond acceptors (Lipinski definition) is 5. The van der Waals surface area contributed by atoms with E-state index >= 15 is 0 Å². The molecule has 1 heterocycles. The smallest absolute Gasteiger partial charge is 0.231 e. The SMILES string of the molecule is CC(=NO)C(C)(C)Nc1ccc2c(c1)OCO2. The minimum Gasteiger partial charge on any atom is -0.454 e. The maximum Gasteiger partial charge on any atom is 0.231 e. The highest BCUT2D eigenvalue weighted by Crippen LogP contribution is 2.35. The highest BCUT2D eigenvalue weighted by molar-refractivity contribution is 5.92. The summed E-state index contributed by atoms with van der Waals surface area (Å²) in [4.78, 5) is 0. The Morgan fingerprint density at radius 3 is 2.76 bits per heavy atom. The summed E-state index contributed by atoms with van der Waals surface area (Å²) < 4.78 is 10.5. The van der Waals surface area contributed by atoms with Gasteiger partial charge in [-0.1, -0.05) is 5.16 Å². The number of oxime groups is 1. The highest BCUT2D eigenvalue weighted by atomic mass is 16.7. The first-order chi connectivity index (χ1) is 8.03. The fraction of sp³-hybridized carbons (Fsp3) is 0.417. The van der Waals surface area contributed by atoms with Crippen LogP contribution >= 0.6 is 0 Å². The van der Waals surface area contributed by atoms with E-state index in [0.717, 1.165) is 17.2 Å². The topological polar surface area (TPSA) is 63.1 Å². The van der Waals surface area contributed by atoms with Crippen LogP contribution in [0, 0.1) is 0 Å². The summed E-state index contributed by atoms with van der Waals surface area (Å²) >= 11 is 0. The molecule has 5 heteroatoms. The van der Waals surface area contributed by atoms with Crippen LogP contribution in [0.25, 0.3) is 0 Å². The maximum absolute atomic E-state index is 8.81. The lowest BCUT2D eigenvalue weighted by molar-refractivity contribution is 0.174. The van der Waals surface area contributed by atoms with Crippen molar-refractivity contribution in [2.45, 2.75) is 26.3 Å². The molecule has 0 aromatic heterocycles. The van der Waals surface area contributed by atoms with Crippen LogP contribution in [0.15, 0.2) is 23.4 Å². The molecule has 0 aliphatic carbocycles. The van der Waals surface area contributed by atoms with Gasteiger partial charge in [-0.3, -0.25) is 0 Å². The van der Waals surface area contributed by atoms with E-state index in [9.17, 15) is 0 Å². The summed E-state index contributed by atoms with van der Waals surface area (Å²) in [7, 11) is 0. The van der Waals surface area contributed by atoms with Crippen molar-refractivity contribution in [3.8, 4) is 11.5 Å². The molecule has 0 atom stereocenters. The molecule has 1 aliphatic heterocycles. The van der Waals surface area contributed by atoms with Crippen molar-refractivity contribution < 1.29 is 14.7 Å². The van der Waals surface area contributed by atoms with Crippen molar-refractivity contribution >= 4 is 11.4 Å². The number of rotatable bonds is 3. The van der Waals surface area contributed by atoms with Crippen molar-refractivity contribution in [3.63, 3.8) is 0 Å². The molecule has 1 aliphatic rings. The Balaban J connectivity index is 2.19. The molecule has 0 fully saturated rings. The fourth-order valence-electron chi connectivity index (χ4n) is 1.55. The van der Waals surface area contributed by atoms with Crippen LogP contribution in [0.1, 0.15) is 20.8 Å². The first-order valence-electron chi connectivity index (χ1n) is 5.40. The average molecular weight is 236 g/mol. The van der Waals surface area contributed by atoms with Gasteiger partial charge in [-0.25, -0.2) is 0 Å². The number of anilines is 1. The van der Waals surface area contributed by atoms with E-state index < -0.39 is 5.54 Å². The molecule has 2 N–H and O–H groups in total. The van der Waals surface area contributed by atoms with Gasteiger partial charge >= 0.3 is 0 Å². The molecule has 0 unspecified atom stereocenters. The Morgan fingerprint density at radius 1 is 1.35 bits per heavy atom. The Morgan fingerprint density at radius 2 is 2.06 bits per heavy atom. The molecule has 17 heavy (non-hydrogen) atoms. The van der Waals surface area contributed by atoms with Gasteiger partial charge in [0.15, 0.2) is 11.5 Å². The second kappa shape index (κ2) is 4.16.